The maximum Gasteiger partial charge on any atom is 0.334 e. The first kappa shape index (κ1) is 12.5. The molecule has 0 aliphatic carbocycles. The summed E-state index contributed by atoms with van der Waals surface area (Å²) in [5.74, 6) is -0.709. The van der Waals surface area contributed by atoms with Crippen LogP contribution in [-0.4, -0.2) is 39.7 Å². The molecule has 4 atom stereocenters. The van der Waals surface area contributed by atoms with Gasteiger partial charge in [0, 0.05) is 13.8 Å². The second-order valence-corrected chi connectivity index (χ2v) is 5.65. The number of hydrogen-bond acceptors (Lipinski definition) is 4. The fourth-order valence-electron chi connectivity index (χ4n) is 3.86. The van der Waals surface area contributed by atoms with Crippen LogP contribution >= 0.6 is 0 Å². The molecule has 6 nitrogen and oxygen atoms in total. The summed E-state index contributed by atoms with van der Waals surface area (Å²) >= 11 is 0. The van der Waals surface area contributed by atoms with Crippen LogP contribution in [-0.2, 0) is 14.3 Å². The zero-order valence-electron chi connectivity index (χ0n) is 11.6. The highest BCUT2D eigenvalue weighted by Gasteiger charge is 2.64. The van der Waals surface area contributed by atoms with E-state index in [2.05, 4.69) is 0 Å². The molecule has 108 valence electrons. The maximum absolute atomic E-state index is 12.4. The molecule has 4 unspecified atom stereocenters. The van der Waals surface area contributed by atoms with Crippen LogP contribution in [0, 0.1) is 0 Å². The Bertz CT molecular complexity index is 631. The summed E-state index contributed by atoms with van der Waals surface area (Å²) in [6.07, 6.45) is -0.679. The minimum absolute atomic E-state index is 0.339. The quantitative estimate of drug-likeness (QED) is 0.722. The lowest BCUT2D eigenvalue weighted by Gasteiger charge is -2.27. The molecule has 1 aromatic carbocycles. The lowest BCUT2D eigenvalue weighted by Crippen LogP contribution is -2.43. The van der Waals surface area contributed by atoms with Crippen molar-refractivity contribution in [2.24, 2.45) is 0 Å². The minimum Gasteiger partial charge on any atom is -0.361 e. The van der Waals surface area contributed by atoms with E-state index in [-0.39, 0.29) is 24.0 Å². The van der Waals surface area contributed by atoms with E-state index in [1.807, 2.05) is 24.3 Å². The fourth-order valence-corrected chi connectivity index (χ4v) is 3.86. The van der Waals surface area contributed by atoms with Crippen molar-refractivity contribution in [1.82, 2.24) is 9.80 Å². The van der Waals surface area contributed by atoms with Gasteiger partial charge in [-0.15, -0.1) is 0 Å². The topological polar surface area (TPSA) is 66.9 Å². The molecule has 2 saturated heterocycles. The molecule has 0 saturated carbocycles. The van der Waals surface area contributed by atoms with Gasteiger partial charge < -0.3 is 4.74 Å². The van der Waals surface area contributed by atoms with Crippen LogP contribution in [0.2, 0.25) is 0 Å². The number of nitrogens with zero attached hydrogens (tertiary/aromatic N) is 2. The zero-order chi connectivity index (χ0) is 14.9. The lowest BCUT2D eigenvalue weighted by atomic mass is 9.84. The van der Waals surface area contributed by atoms with Gasteiger partial charge in [0.05, 0.1) is 12.1 Å². The summed E-state index contributed by atoms with van der Waals surface area (Å²) in [6, 6.07) is 6.37. The van der Waals surface area contributed by atoms with Crippen LogP contribution in [0.4, 0.5) is 4.79 Å². The van der Waals surface area contributed by atoms with E-state index < -0.39 is 18.1 Å². The molecule has 4 rings (SSSR count). The van der Waals surface area contributed by atoms with Gasteiger partial charge in [-0.3, -0.25) is 19.4 Å². The molecule has 0 aromatic heterocycles. The molecule has 1 aromatic rings. The number of fused-ring (bicyclic) bond motifs is 8. The van der Waals surface area contributed by atoms with Crippen molar-refractivity contribution in [3.05, 3.63) is 35.4 Å². The Morgan fingerprint density at radius 3 is 1.76 bits per heavy atom. The van der Waals surface area contributed by atoms with E-state index in [4.69, 9.17) is 4.74 Å². The average Bonchev–Trinajstić information content (AvgIpc) is 3.04. The van der Waals surface area contributed by atoms with Crippen molar-refractivity contribution in [2.75, 3.05) is 0 Å². The third-order valence-corrected chi connectivity index (χ3v) is 4.56. The number of urea groups is 1. The Hall–Kier alpha value is -2.21. The maximum atomic E-state index is 12.4. The third kappa shape index (κ3) is 1.38. The van der Waals surface area contributed by atoms with Crippen molar-refractivity contribution in [1.29, 1.82) is 0 Å². The normalized spacial score (nSPS) is 32.4. The van der Waals surface area contributed by atoms with Crippen molar-refractivity contribution in [3.8, 4) is 0 Å². The molecule has 0 spiro atoms. The smallest absolute Gasteiger partial charge is 0.334 e. The number of benzene rings is 1. The van der Waals surface area contributed by atoms with Gasteiger partial charge in [-0.05, 0) is 11.1 Å². The largest absolute Gasteiger partial charge is 0.361 e. The highest BCUT2D eigenvalue weighted by molar-refractivity contribution is 6.04. The van der Waals surface area contributed by atoms with Crippen LogP contribution < -0.4 is 0 Å². The SMILES string of the molecule is CC(=O)N1C(=O)N(C(C)=O)C2C3OC(c4ccccc43)C21. The Morgan fingerprint density at radius 1 is 0.952 bits per heavy atom. The number of hydrogen-bond donors (Lipinski definition) is 0. The van der Waals surface area contributed by atoms with E-state index in [9.17, 15) is 14.4 Å². The lowest BCUT2D eigenvalue weighted by molar-refractivity contribution is -0.128. The van der Waals surface area contributed by atoms with Crippen molar-refractivity contribution in [3.63, 3.8) is 0 Å². The second kappa shape index (κ2) is 3.92. The van der Waals surface area contributed by atoms with Gasteiger partial charge in [-0.2, -0.15) is 0 Å². The first-order valence-electron chi connectivity index (χ1n) is 6.90. The number of carbonyl (C=O) groups excluding carboxylic acids is 3. The molecule has 2 bridgehead atoms. The van der Waals surface area contributed by atoms with Crippen LogP contribution in [0.5, 0.6) is 0 Å². The standard InChI is InChI=1S/C15H14N2O4/c1-7(18)16-11-12(17(8(2)19)15(16)20)14-10-6-4-3-5-9(10)13(11)21-14/h3-6,11-14H,1-2H3. The van der Waals surface area contributed by atoms with Gasteiger partial charge in [0.2, 0.25) is 11.8 Å². The van der Waals surface area contributed by atoms with Gasteiger partial charge in [0.15, 0.2) is 0 Å². The van der Waals surface area contributed by atoms with E-state index in [0.29, 0.717) is 0 Å². The van der Waals surface area contributed by atoms with Crippen LogP contribution in [0.25, 0.3) is 0 Å². The van der Waals surface area contributed by atoms with E-state index >= 15 is 0 Å². The highest BCUT2D eigenvalue weighted by atomic mass is 16.5. The summed E-state index contributed by atoms with van der Waals surface area (Å²) in [4.78, 5) is 38.5. The monoisotopic (exact) mass is 286 g/mol. The van der Waals surface area contributed by atoms with Crippen LogP contribution in [0.3, 0.4) is 0 Å². The zero-order valence-corrected chi connectivity index (χ0v) is 11.6. The first-order chi connectivity index (χ1) is 10.0. The third-order valence-electron chi connectivity index (χ3n) is 4.56. The summed E-state index contributed by atoms with van der Waals surface area (Å²) in [5.41, 5.74) is 2.02. The number of ether oxygens (including phenoxy) is 1. The number of carbonyl (C=O) groups is 3. The van der Waals surface area contributed by atoms with Crippen molar-refractivity contribution >= 4 is 17.8 Å². The van der Waals surface area contributed by atoms with Crippen molar-refractivity contribution < 1.29 is 19.1 Å². The predicted molar refractivity (Wildman–Crippen MR) is 71.0 cm³/mol. The van der Waals surface area contributed by atoms with Crippen molar-refractivity contribution in [2.45, 2.75) is 38.1 Å². The Kier molecular flexibility index (Phi) is 2.34. The molecule has 0 radical (unpaired) electrons. The van der Waals surface area contributed by atoms with Gasteiger partial charge in [0.1, 0.15) is 12.2 Å². The number of rotatable bonds is 0. The molecular weight excluding hydrogens is 272 g/mol. The summed E-state index contributed by atoms with van der Waals surface area (Å²) < 4.78 is 5.98. The molecule has 3 aliphatic rings. The van der Waals surface area contributed by atoms with E-state index in [1.165, 1.54) is 23.6 Å². The number of amides is 4. The molecule has 3 aliphatic heterocycles. The number of imide groups is 2. The second-order valence-electron chi connectivity index (χ2n) is 5.65. The summed E-state index contributed by atoms with van der Waals surface area (Å²) in [6.45, 7) is 2.69. The van der Waals surface area contributed by atoms with Crippen LogP contribution in [0.1, 0.15) is 37.2 Å². The van der Waals surface area contributed by atoms with E-state index in [0.717, 1.165) is 11.1 Å². The molecule has 21 heavy (non-hydrogen) atoms. The molecule has 4 amide bonds. The van der Waals surface area contributed by atoms with E-state index in [1.54, 1.807) is 0 Å². The average molecular weight is 286 g/mol. The first-order valence-corrected chi connectivity index (χ1v) is 6.90. The van der Waals surface area contributed by atoms with Crippen LogP contribution in [0.15, 0.2) is 24.3 Å². The molecule has 2 fully saturated rings. The van der Waals surface area contributed by atoms with Gasteiger partial charge in [-0.25, -0.2) is 4.79 Å². The molecular formula is C15H14N2O4. The fraction of sp³-hybridized carbons (Fsp3) is 0.400. The van der Waals surface area contributed by atoms with Gasteiger partial charge >= 0.3 is 6.03 Å². The molecule has 3 heterocycles. The minimum atomic E-state index is -0.531. The molecule has 0 N–H and O–H groups in total. The Labute approximate surface area is 121 Å². The highest BCUT2D eigenvalue weighted by Crippen LogP contribution is 2.56. The predicted octanol–water partition coefficient (Wildman–Crippen LogP) is 1.38. The summed E-state index contributed by atoms with van der Waals surface area (Å²) in [7, 11) is 0. The summed E-state index contributed by atoms with van der Waals surface area (Å²) in [5, 5.41) is 0. The molecule has 6 heteroatoms. The van der Waals surface area contributed by atoms with Gasteiger partial charge in [-0.1, -0.05) is 24.3 Å². The Morgan fingerprint density at radius 2 is 1.38 bits per heavy atom. The Balaban J connectivity index is 1.87. The van der Waals surface area contributed by atoms with Gasteiger partial charge in [0.25, 0.3) is 0 Å².